The molecule has 2 aliphatic heterocycles. The second-order valence-electron chi connectivity index (χ2n) is 10.4. The van der Waals surface area contributed by atoms with Gasteiger partial charge in [-0.2, -0.15) is 0 Å². The quantitative estimate of drug-likeness (QED) is 0.388. The number of likely N-dealkylation sites (tertiary alicyclic amines) is 1. The van der Waals surface area contributed by atoms with Gasteiger partial charge in [-0.05, 0) is 48.6 Å². The van der Waals surface area contributed by atoms with Crippen molar-refractivity contribution < 1.29 is 32.7 Å². The minimum Gasteiger partial charge on any atom is -0.468 e. The van der Waals surface area contributed by atoms with E-state index in [2.05, 4.69) is 10.6 Å². The summed E-state index contributed by atoms with van der Waals surface area (Å²) in [5.41, 5.74) is 6.09. The van der Waals surface area contributed by atoms with Crippen LogP contribution < -0.4 is 16.4 Å². The molecule has 2 heterocycles. The van der Waals surface area contributed by atoms with Crippen molar-refractivity contribution in [3.8, 4) is 0 Å². The molecule has 5 amide bonds. The molecule has 10 nitrogen and oxygen atoms in total. The summed E-state index contributed by atoms with van der Waals surface area (Å²) in [6.45, 7) is 2.33. The second-order valence-corrected chi connectivity index (χ2v) is 10.4. The van der Waals surface area contributed by atoms with Gasteiger partial charge in [0.15, 0.2) is 11.6 Å². The number of imide groups is 1. The summed E-state index contributed by atoms with van der Waals surface area (Å²) < 4.78 is 33.7. The van der Waals surface area contributed by atoms with E-state index in [1.807, 2.05) is 35.2 Å². The van der Waals surface area contributed by atoms with Crippen LogP contribution in [0.4, 0.5) is 18.4 Å². The maximum Gasteiger partial charge on any atom is 0.329 e. The van der Waals surface area contributed by atoms with Crippen molar-refractivity contribution in [3.05, 3.63) is 83.6 Å². The second kappa shape index (κ2) is 13.1. The van der Waals surface area contributed by atoms with Crippen molar-refractivity contribution >= 4 is 23.9 Å². The van der Waals surface area contributed by atoms with E-state index in [1.165, 1.54) is 19.4 Å². The van der Waals surface area contributed by atoms with Crippen LogP contribution in [0.25, 0.3) is 0 Å². The molecule has 4 rings (SSSR count). The summed E-state index contributed by atoms with van der Waals surface area (Å²) in [6, 6.07) is 9.52. The Kier molecular flexibility index (Phi) is 9.56. The van der Waals surface area contributed by atoms with Crippen LogP contribution in [-0.4, -0.2) is 66.5 Å². The fraction of sp³-hybridized carbons (Fsp3) is 0.400. The molecule has 0 aliphatic carbocycles. The Hall–Kier alpha value is -4.32. The zero-order valence-electron chi connectivity index (χ0n) is 23.5. The normalized spacial score (nSPS) is 18.9. The van der Waals surface area contributed by atoms with Crippen LogP contribution in [0.15, 0.2) is 60.8 Å². The van der Waals surface area contributed by atoms with Gasteiger partial charge in [0.05, 0.1) is 25.0 Å². The molecular formula is C30H35F2N5O5. The van der Waals surface area contributed by atoms with Gasteiger partial charge < -0.3 is 21.1 Å². The molecule has 1 saturated heterocycles. The number of nitrogens with one attached hydrogen (secondary N) is 2. The highest BCUT2D eigenvalue weighted by Crippen LogP contribution is 2.42. The maximum absolute atomic E-state index is 14.5. The number of nitrogens with zero attached hydrogens (tertiary/aromatic N) is 2. The highest BCUT2D eigenvalue weighted by atomic mass is 19.2. The first-order chi connectivity index (χ1) is 20.1. The van der Waals surface area contributed by atoms with Crippen LogP contribution in [0.2, 0.25) is 0 Å². The van der Waals surface area contributed by atoms with Crippen molar-refractivity contribution in [1.29, 1.82) is 0 Å². The van der Waals surface area contributed by atoms with Crippen molar-refractivity contribution in [2.75, 3.05) is 26.7 Å². The molecule has 0 bridgehead atoms. The molecule has 12 heteroatoms. The molecule has 1 fully saturated rings. The number of hydrogen-bond acceptors (Lipinski definition) is 6. The number of piperidine rings is 1. The van der Waals surface area contributed by atoms with Gasteiger partial charge >= 0.3 is 18.0 Å². The average Bonchev–Trinajstić information content (AvgIpc) is 3.00. The largest absolute Gasteiger partial charge is 0.468 e. The lowest BCUT2D eigenvalue weighted by Crippen LogP contribution is -2.57. The van der Waals surface area contributed by atoms with Gasteiger partial charge in [-0.15, -0.1) is 0 Å². The number of amides is 5. The molecule has 0 spiro atoms. The summed E-state index contributed by atoms with van der Waals surface area (Å²) in [5.74, 6) is -4.41. The van der Waals surface area contributed by atoms with E-state index in [1.54, 1.807) is 13.0 Å². The molecule has 0 radical (unpaired) electrons. The molecule has 0 aromatic heterocycles. The highest BCUT2D eigenvalue weighted by molar-refractivity contribution is 5.95. The molecule has 4 N–H and O–H groups in total. The van der Waals surface area contributed by atoms with E-state index in [0.29, 0.717) is 12.8 Å². The fourth-order valence-electron chi connectivity index (χ4n) is 5.97. The van der Waals surface area contributed by atoms with E-state index >= 15 is 0 Å². The van der Waals surface area contributed by atoms with Crippen molar-refractivity contribution in [1.82, 2.24) is 20.4 Å². The number of hydrogen-bond donors (Lipinski definition) is 3. The number of methoxy groups -OCH3 is 1. The Balaban J connectivity index is 1.70. The number of benzene rings is 2. The van der Waals surface area contributed by atoms with Gasteiger partial charge in [0.25, 0.3) is 0 Å². The average molecular weight is 584 g/mol. The van der Waals surface area contributed by atoms with E-state index < -0.39 is 59.0 Å². The summed E-state index contributed by atoms with van der Waals surface area (Å²) in [4.78, 5) is 54.4. The number of rotatable bonds is 9. The van der Waals surface area contributed by atoms with Crippen molar-refractivity contribution in [3.63, 3.8) is 0 Å². The van der Waals surface area contributed by atoms with Crippen LogP contribution in [0.5, 0.6) is 0 Å². The maximum atomic E-state index is 14.5. The topological polar surface area (TPSA) is 134 Å². The highest BCUT2D eigenvalue weighted by Gasteiger charge is 2.47. The van der Waals surface area contributed by atoms with Crippen LogP contribution in [0, 0.1) is 17.6 Å². The monoisotopic (exact) mass is 583 g/mol. The summed E-state index contributed by atoms with van der Waals surface area (Å²) in [5, 5.41) is 5.19. The third kappa shape index (κ3) is 6.13. The van der Waals surface area contributed by atoms with Crippen LogP contribution >= 0.6 is 0 Å². The van der Waals surface area contributed by atoms with Gasteiger partial charge in [-0.1, -0.05) is 43.3 Å². The predicted molar refractivity (Wildman–Crippen MR) is 150 cm³/mol. The van der Waals surface area contributed by atoms with E-state index in [4.69, 9.17) is 10.5 Å². The molecule has 3 unspecified atom stereocenters. The molecule has 0 saturated carbocycles. The minimum atomic E-state index is -1.10. The number of primary amides is 1. The van der Waals surface area contributed by atoms with Crippen molar-refractivity contribution in [2.45, 2.75) is 43.7 Å². The predicted octanol–water partition coefficient (Wildman–Crippen LogP) is 3.34. The van der Waals surface area contributed by atoms with Gasteiger partial charge in [-0.3, -0.25) is 14.5 Å². The van der Waals surface area contributed by atoms with Gasteiger partial charge in [0.2, 0.25) is 5.91 Å². The smallest absolute Gasteiger partial charge is 0.329 e. The summed E-state index contributed by atoms with van der Waals surface area (Å²) in [7, 11) is 1.33. The zero-order chi connectivity index (χ0) is 30.4. The Morgan fingerprint density at radius 2 is 1.79 bits per heavy atom. The Morgan fingerprint density at radius 3 is 2.36 bits per heavy atom. The molecule has 42 heavy (non-hydrogen) atoms. The molecule has 2 aromatic carbocycles. The first-order valence-electron chi connectivity index (χ1n) is 13.8. The Labute approximate surface area is 242 Å². The number of halogens is 2. The number of carbonyl (C=O) groups is 4. The molecule has 224 valence electrons. The zero-order valence-corrected chi connectivity index (χ0v) is 23.5. The lowest BCUT2D eigenvalue weighted by molar-refractivity contribution is -0.150. The molecule has 2 aromatic rings. The Morgan fingerprint density at radius 1 is 1.10 bits per heavy atom. The van der Waals surface area contributed by atoms with E-state index in [-0.39, 0.29) is 31.6 Å². The Bertz CT molecular complexity index is 1350. The van der Waals surface area contributed by atoms with Gasteiger partial charge in [0.1, 0.15) is 0 Å². The number of carbonyl (C=O) groups excluding carboxylic acids is 4. The molecule has 2 aliphatic rings. The fourth-order valence-corrected chi connectivity index (χ4v) is 5.97. The van der Waals surface area contributed by atoms with Crippen molar-refractivity contribution in [2.24, 2.45) is 11.7 Å². The standard InChI is InChI=1S/C30H35F2N5O5/c1-3-23(35-29(41)37-15-7-14-34-28(37)40)24(26(33)38)25(19-10-11-21(31)22(32)18-19)36-16-12-30(13-17-36,27(39)42-2)20-8-5-4-6-9-20/h4-11,14,18,23-25H,3,12-13,15-17H2,1-2H3,(H2,33,38)(H,34,40)(H,35,41). The lowest BCUT2D eigenvalue weighted by atomic mass is 9.71. The third-order valence-corrected chi connectivity index (χ3v) is 8.19. The molecule has 3 atom stereocenters. The number of esters is 1. The third-order valence-electron chi connectivity index (χ3n) is 8.19. The molecular weight excluding hydrogens is 548 g/mol. The first-order valence-corrected chi connectivity index (χ1v) is 13.8. The van der Waals surface area contributed by atoms with E-state index in [0.717, 1.165) is 22.6 Å². The lowest BCUT2D eigenvalue weighted by Gasteiger charge is -2.46. The number of nitrogens with two attached hydrogens (primary N) is 1. The number of ether oxygens (including phenoxy) is 1. The SMILES string of the molecule is CCC(NC(=O)N1CC=CNC1=O)C(C(N)=O)C(c1ccc(F)c(F)c1)N1CCC(C(=O)OC)(c2ccccc2)CC1. The first kappa shape index (κ1) is 30.6. The van der Waals surface area contributed by atoms with E-state index in [9.17, 15) is 28.0 Å². The van der Waals surface area contributed by atoms with Crippen LogP contribution in [-0.2, 0) is 19.7 Å². The van der Waals surface area contributed by atoms with Crippen LogP contribution in [0.1, 0.15) is 43.4 Å². The summed E-state index contributed by atoms with van der Waals surface area (Å²) in [6.07, 6.45) is 3.90. The number of urea groups is 2. The minimum absolute atomic E-state index is 0.0309. The van der Waals surface area contributed by atoms with Gasteiger partial charge in [-0.25, -0.2) is 23.3 Å². The van der Waals surface area contributed by atoms with Gasteiger partial charge in [0, 0.05) is 31.4 Å². The summed E-state index contributed by atoms with van der Waals surface area (Å²) >= 11 is 0. The van der Waals surface area contributed by atoms with Crippen LogP contribution in [0.3, 0.4) is 0 Å².